The molecular formula is C18H18FN5O2. The molecule has 4 N–H and O–H groups in total. The number of rotatable bonds is 6. The van der Waals surface area contributed by atoms with E-state index >= 15 is 0 Å². The lowest BCUT2D eigenvalue weighted by atomic mass is 10.2. The van der Waals surface area contributed by atoms with Crippen molar-refractivity contribution in [3.05, 3.63) is 72.0 Å². The maximum absolute atomic E-state index is 14.1. The molecule has 7 nitrogen and oxygen atoms in total. The zero-order valence-electron chi connectivity index (χ0n) is 14.1. The molecule has 134 valence electrons. The molecule has 0 aliphatic rings. The molecule has 0 spiro atoms. The molecule has 0 radical (unpaired) electrons. The average Bonchev–Trinajstić information content (AvgIpc) is 3.16. The average molecular weight is 355 g/mol. The van der Waals surface area contributed by atoms with E-state index < -0.39 is 5.82 Å². The molecule has 0 saturated heterocycles. The number of hydrazine groups is 1. The zero-order valence-corrected chi connectivity index (χ0v) is 14.1. The second-order valence-corrected chi connectivity index (χ2v) is 5.40. The standard InChI is InChI=1S/C18H18FN5O2/c1-25-11-15(24(21)14-10-6-5-9-13(14)19)16(20)18-22-17(23-26-18)12-7-3-2-4-8-12/h2-10H,11,20-21H2,1H3/b16-15-. The number of nitrogens with two attached hydrogens (primary N) is 2. The van der Waals surface area contributed by atoms with Crippen molar-refractivity contribution in [2.24, 2.45) is 11.6 Å². The Bertz CT molecular complexity index is 911. The van der Waals surface area contributed by atoms with Crippen molar-refractivity contribution >= 4 is 11.4 Å². The molecule has 8 heteroatoms. The van der Waals surface area contributed by atoms with Crippen LogP contribution in [-0.2, 0) is 4.74 Å². The van der Waals surface area contributed by atoms with Gasteiger partial charge in [0.25, 0.3) is 5.89 Å². The van der Waals surface area contributed by atoms with Crippen LogP contribution in [-0.4, -0.2) is 23.9 Å². The number of methoxy groups -OCH3 is 1. The van der Waals surface area contributed by atoms with Crippen LogP contribution in [0, 0.1) is 5.82 Å². The molecule has 26 heavy (non-hydrogen) atoms. The first-order chi connectivity index (χ1) is 12.6. The molecule has 0 bridgehead atoms. The first-order valence-electron chi connectivity index (χ1n) is 7.78. The molecule has 0 unspecified atom stereocenters. The van der Waals surface area contributed by atoms with Crippen LogP contribution in [0.4, 0.5) is 10.1 Å². The number of halogens is 1. The third-order valence-electron chi connectivity index (χ3n) is 3.68. The van der Waals surface area contributed by atoms with E-state index in [0.29, 0.717) is 11.5 Å². The van der Waals surface area contributed by atoms with Gasteiger partial charge in [0.15, 0.2) is 0 Å². The van der Waals surface area contributed by atoms with E-state index in [1.165, 1.54) is 19.2 Å². The molecule has 3 aromatic rings. The summed E-state index contributed by atoms with van der Waals surface area (Å²) < 4.78 is 24.5. The predicted octanol–water partition coefficient (Wildman–Crippen LogP) is 2.53. The van der Waals surface area contributed by atoms with Crippen molar-refractivity contribution in [1.82, 2.24) is 10.1 Å². The Morgan fingerprint density at radius 1 is 1.15 bits per heavy atom. The molecule has 2 aromatic carbocycles. The lowest BCUT2D eigenvalue weighted by molar-refractivity contribution is 0.223. The number of nitrogens with zero attached hydrogens (tertiary/aromatic N) is 3. The van der Waals surface area contributed by atoms with Gasteiger partial charge >= 0.3 is 0 Å². The van der Waals surface area contributed by atoms with Crippen LogP contribution < -0.4 is 16.6 Å². The van der Waals surface area contributed by atoms with Crippen LogP contribution in [0.15, 0.2) is 64.8 Å². The van der Waals surface area contributed by atoms with Gasteiger partial charge in [-0.3, -0.25) is 5.01 Å². The molecule has 1 aromatic heterocycles. The van der Waals surface area contributed by atoms with E-state index in [2.05, 4.69) is 10.1 Å². The number of anilines is 1. The van der Waals surface area contributed by atoms with Crippen LogP contribution in [0.1, 0.15) is 5.89 Å². The largest absolute Gasteiger partial charge is 0.393 e. The van der Waals surface area contributed by atoms with Gasteiger partial charge < -0.3 is 15.0 Å². The number of ether oxygens (including phenoxy) is 1. The first kappa shape index (κ1) is 17.6. The van der Waals surface area contributed by atoms with E-state index in [1.807, 2.05) is 30.3 Å². The smallest absolute Gasteiger partial charge is 0.276 e. The van der Waals surface area contributed by atoms with Gasteiger partial charge in [-0.2, -0.15) is 4.98 Å². The van der Waals surface area contributed by atoms with Gasteiger partial charge in [0, 0.05) is 12.7 Å². The fourth-order valence-corrected chi connectivity index (χ4v) is 2.37. The molecule has 0 aliphatic heterocycles. The second-order valence-electron chi connectivity index (χ2n) is 5.40. The highest BCUT2D eigenvalue weighted by Crippen LogP contribution is 2.24. The molecule has 0 aliphatic carbocycles. The Balaban J connectivity index is 1.99. The summed E-state index contributed by atoms with van der Waals surface area (Å²) in [5.74, 6) is 6.03. The van der Waals surface area contributed by atoms with E-state index in [9.17, 15) is 4.39 Å². The van der Waals surface area contributed by atoms with E-state index in [0.717, 1.165) is 10.6 Å². The minimum Gasteiger partial charge on any atom is -0.393 e. The summed E-state index contributed by atoms with van der Waals surface area (Å²) in [6, 6.07) is 15.4. The Labute approximate surface area is 149 Å². The summed E-state index contributed by atoms with van der Waals surface area (Å²) in [5.41, 5.74) is 7.48. The Morgan fingerprint density at radius 2 is 1.85 bits per heavy atom. The summed E-state index contributed by atoms with van der Waals surface area (Å²) in [6.45, 7) is 0.0275. The fourth-order valence-electron chi connectivity index (χ4n) is 2.37. The Kier molecular flexibility index (Phi) is 5.26. The highest BCUT2D eigenvalue weighted by molar-refractivity contribution is 5.67. The van der Waals surface area contributed by atoms with Crippen molar-refractivity contribution < 1.29 is 13.7 Å². The summed E-state index contributed by atoms with van der Waals surface area (Å²) in [7, 11) is 1.48. The maximum atomic E-state index is 14.1. The Hall–Kier alpha value is -3.23. The number of para-hydroxylation sites is 1. The lowest BCUT2D eigenvalue weighted by Gasteiger charge is -2.23. The summed E-state index contributed by atoms with van der Waals surface area (Å²) in [4.78, 5) is 4.29. The summed E-state index contributed by atoms with van der Waals surface area (Å²) in [6.07, 6.45) is 0. The van der Waals surface area contributed by atoms with Crippen LogP contribution in [0.2, 0.25) is 0 Å². The normalized spacial score (nSPS) is 12.0. The number of aromatic nitrogens is 2. The van der Waals surface area contributed by atoms with Crippen molar-refractivity contribution in [3.63, 3.8) is 0 Å². The summed E-state index contributed by atoms with van der Waals surface area (Å²) in [5, 5.41) is 5.04. The molecule has 0 fully saturated rings. The Morgan fingerprint density at radius 3 is 2.54 bits per heavy atom. The van der Waals surface area contributed by atoms with Crippen molar-refractivity contribution in [1.29, 1.82) is 0 Å². The number of benzene rings is 2. The van der Waals surface area contributed by atoms with Gasteiger partial charge in [-0.15, -0.1) is 0 Å². The predicted molar refractivity (Wildman–Crippen MR) is 95.8 cm³/mol. The highest BCUT2D eigenvalue weighted by atomic mass is 19.1. The van der Waals surface area contributed by atoms with E-state index in [4.69, 9.17) is 20.8 Å². The van der Waals surface area contributed by atoms with Gasteiger partial charge in [0.05, 0.1) is 18.0 Å². The van der Waals surface area contributed by atoms with Crippen molar-refractivity contribution in [2.75, 3.05) is 18.7 Å². The van der Waals surface area contributed by atoms with Crippen LogP contribution in [0.25, 0.3) is 17.1 Å². The van der Waals surface area contributed by atoms with Gasteiger partial charge in [0.1, 0.15) is 11.5 Å². The van der Waals surface area contributed by atoms with E-state index in [-0.39, 0.29) is 23.9 Å². The minimum atomic E-state index is -0.494. The number of hydrogen-bond acceptors (Lipinski definition) is 7. The SMILES string of the molecule is COC/C(=C(/N)c1nc(-c2ccccc2)no1)N(N)c1ccccc1F. The maximum Gasteiger partial charge on any atom is 0.276 e. The van der Waals surface area contributed by atoms with Gasteiger partial charge in [-0.25, -0.2) is 10.2 Å². The molecule has 0 saturated carbocycles. The third-order valence-corrected chi connectivity index (χ3v) is 3.68. The molecule has 1 heterocycles. The lowest BCUT2D eigenvalue weighted by Crippen LogP contribution is -2.35. The van der Waals surface area contributed by atoms with E-state index in [1.54, 1.807) is 12.1 Å². The summed E-state index contributed by atoms with van der Waals surface area (Å²) >= 11 is 0. The van der Waals surface area contributed by atoms with Crippen molar-refractivity contribution in [2.45, 2.75) is 0 Å². The minimum absolute atomic E-state index is 0.0275. The first-order valence-corrected chi connectivity index (χ1v) is 7.78. The molecule has 0 amide bonds. The number of hydrogen-bond donors (Lipinski definition) is 2. The monoisotopic (exact) mass is 355 g/mol. The topological polar surface area (TPSA) is 103 Å². The second kappa shape index (κ2) is 7.77. The van der Waals surface area contributed by atoms with Gasteiger partial charge in [0.2, 0.25) is 5.82 Å². The van der Waals surface area contributed by atoms with Crippen molar-refractivity contribution in [3.8, 4) is 11.4 Å². The fraction of sp³-hybridized carbons (Fsp3) is 0.111. The molecular weight excluding hydrogens is 337 g/mol. The van der Waals surface area contributed by atoms with Gasteiger partial charge in [-0.05, 0) is 12.1 Å². The molecule has 3 rings (SSSR count). The quantitative estimate of drug-likeness (QED) is 0.517. The van der Waals surface area contributed by atoms with Crippen LogP contribution in [0.3, 0.4) is 0 Å². The zero-order chi connectivity index (χ0) is 18.5. The van der Waals surface area contributed by atoms with Crippen LogP contribution in [0.5, 0.6) is 0 Å². The molecule has 0 atom stereocenters. The highest BCUT2D eigenvalue weighted by Gasteiger charge is 2.20. The third kappa shape index (κ3) is 3.56. The van der Waals surface area contributed by atoms with Crippen LogP contribution >= 0.6 is 0 Å². The van der Waals surface area contributed by atoms with Gasteiger partial charge in [-0.1, -0.05) is 47.6 Å².